The Hall–Kier alpha value is -3.34. The summed E-state index contributed by atoms with van der Waals surface area (Å²) in [4.78, 5) is 25.3. The van der Waals surface area contributed by atoms with Crippen molar-refractivity contribution in [3.05, 3.63) is 97.4 Å². The third-order valence-corrected chi connectivity index (χ3v) is 5.53. The third-order valence-electron chi connectivity index (χ3n) is 4.59. The van der Waals surface area contributed by atoms with Crippen LogP contribution >= 0.6 is 22.6 Å². The van der Waals surface area contributed by atoms with Gasteiger partial charge in [-0.15, -0.1) is 0 Å². The van der Waals surface area contributed by atoms with E-state index in [1.54, 1.807) is 43.3 Å². The largest absolute Gasteiger partial charge is 0.453 e. The number of aryl methyl sites for hydroxylation is 1. The van der Waals surface area contributed by atoms with E-state index in [0.717, 1.165) is 11.6 Å². The predicted octanol–water partition coefficient (Wildman–Crippen LogP) is 6.74. The molecular formula is C24H14F3IO5. The van der Waals surface area contributed by atoms with E-state index in [2.05, 4.69) is 0 Å². The van der Waals surface area contributed by atoms with Gasteiger partial charge in [-0.2, -0.15) is 13.2 Å². The van der Waals surface area contributed by atoms with Gasteiger partial charge in [0.1, 0.15) is 17.1 Å². The quantitative estimate of drug-likeness (QED) is 0.156. The van der Waals surface area contributed by atoms with Crippen molar-refractivity contribution in [1.82, 2.24) is 0 Å². The van der Waals surface area contributed by atoms with Gasteiger partial charge in [-0.25, -0.2) is 4.79 Å². The molecule has 0 aliphatic carbocycles. The minimum absolute atomic E-state index is 0.0650. The topological polar surface area (TPSA) is 65.7 Å². The van der Waals surface area contributed by atoms with Crippen molar-refractivity contribution in [2.75, 3.05) is 0 Å². The van der Waals surface area contributed by atoms with Crippen LogP contribution in [0.25, 0.3) is 11.0 Å². The maximum absolute atomic E-state index is 13.7. The molecule has 0 amide bonds. The molecule has 0 spiro atoms. The maximum atomic E-state index is 13.7. The Morgan fingerprint density at radius 1 is 0.970 bits per heavy atom. The van der Waals surface area contributed by atoms with E-state index >= 15 is 0 Å². The first-order valence-electron chi connectivity index (χ1n) is 9.53. The number of alkyl halides is 3. The number of hydrogen-bond donors (Lipinski definition) is 0. The van der Waals surface area contributed by atoms with Gasteiger partial charge < -0.3 is 13.9 Å². The van der Waals surface area contributed by atoms with Gasteiger partial charge >= 0.3 is 12.1 Å². The summed E-state index contributed by atoms with van der Waals surface area (Å²) in [5, 5.41) is -0.153. The third kappa shape index (κ3) is 4.87. The summed E-state index contributed by atoms with van der Waals surface area (Å²) in [5.74, 6) is -3.25. The van der Waals surface area contributed by atoms with Crippen LogP contribution in [0.5, 0.6) is 17.2 Å². The molecule has 1 aromatic heterocycles. The highest BCUT2D eigenvalue weighted by Crippen LogP contribution is 2.38. The molecule has 168 valence electrons. The van der Waals surface area contributed by atoms with Gasteiger partial charge in [-0.3, -0.25) is 4.79 Å². The van der Waals surface area contributed by atoms with Crippen LogP contribution in [0.4, 0.5) is 13.2 Å². The smallest absolute Gasteiger partial charge is 0.449 e. The molecule has 0 fully saturated rings. The average Bonchev–Trinajstić information content (AvgIpc) is 2.75. The van der Waals surface area contributed by atoms with Gasteiger partial charge in [0, 0.05) is 9.64 Å². The average molecular weight is 566 g/mol. The van der Waals surface area contributed by atoms with Gasteiger partial charge in [0.25, 0.3) is 5.76 Å². The van der Waals surface area contributed by atoms with Crippen molar-refractivity contribution in [3.63, 3.8) is 0 Å². The molecule has 0 radical (unpaired) electrons. The first kappa shape index (κ1) is 22.8. The number of halogens is 4. The van der Waals surface area contributed by atoms with Crippen LogP contribution in [0.3, 0.4) is 0 Å². The fourth-order valence-electron chi connectivity index (χ4n) is 3.08. The summed E-state index contributed by atoms with van der Waals surface area (Å²) >= 11 is 1.96. The van der Waals surface area contributed by atoms with Crippen LogP contribution in [-0.2, 0) is 6.18 Å². The van der Waals surface area contributed by atoms with Gasteiger partial charge in [-0.05, 0) is 71.5 Å². The number of carbonyl (C=O) groups is 1. The Kier molecular flexibility index (Phi) is 6.15. The Labute approximate surface area is 198 Å². The van der Waals surface area contributed by atoms with E-state index in [1.807, 2.05) is 22.6 Å². The summed E-state index contributed by atoms with van der Waals surface area (Å²) in [7, 11) is 0. The number of esters is 1. The summed E-state index contributed by atoms with van der Waals surface area (Å²) in [5.41, 5.74) is -0.360. The Bertz CT molecular complexity index is 1430. The number of carbonyl (C=O) groups excluding carboxylic acids is 1. The normalized spacial score (nSPS) is 11.4. The van der Waals surface area contributed by atoms with Gasteiger partial charge in [0.05, 0.1) is 10.9 Å². The minimum Gasteiger partial charge on any atom is -0.449 e. The molecule has 0 saturated heterocycles. The zero-order valence-corrected chi connectivity index (χ0v) is 19.1. The van der Waals surface area contributed by atoms with E-state index in [1.165, 1.54) is 24.3 Å². The molecule has 0 saturated carbocycles. The molecule has 33 heavy (non-hydrogen) atoms. The van der Waals surface area contributed by atoms with Crippen molar-refractivity contribution in [1.29, 1.82) is 0 Å². The van der Waals surface area contributed by atoms with Gasteiger partial charge in [0.2, 0.25) is 11.2 Å². The van der Waals surface area contributed by atoms with E-state index in [0.29, 0.717) is 3.57 Å². The zero-order valence-electron chi connectivity index (χ0n) is 16.9. The highest BCUT2D eigenvalue weighted by Gasteiger charge is 2.40. The summed E-state index contributed by atoms with van der Waals surface area (Å²) in [6, 6.07) is 16.5. The van der Waals surface area contributed by atoms with E-state index in [-0.39, 0.29) is 22.4 Å². The lowest BCUT2D eigenvalue weighted by atomic mass is 10.2. The second kappa shape index (κ2) is 8.89. The second-order valence-electron chi connectivity index (χ2n) is 7.03. The van der Waals surface area contributed by atoms with Crippen LogP contribution in [0.1, 0.15) is 21.7 Å². The van der Waals surface area contributed by atoms with Crippen molar-refractivity contribution in [3.8, 4) is 17.2 Å². The number of ether oxygens (including phenoxy) is 2. The van der Waals surface area contributed by atoms with Crippen LogP contribution < -0.4 is 14.9 Å². The Balaban J connectivity index is 1.77. The van der Waals surface area contributed by atoms with E-state index in [4.69, 9.17) is 13.9 Å². The summed E-state index contributed by atoms with van der Waals surface area (Å²) < 4.78 is 57.4. The lowest BCUT2D eigenvalue weighted by molar-refractivity contribution is -0.154. The lowest BCUT2D eigenvalue weighted by Crippen LogP contribution is -2.16. The van der Waals surface area contributed by atoms with Crippen molar-refractivity contribution < 1.29 is 31.9 Å². The molecule has 0 aliphatic heterocycles. The first-order chi connectivity index (χ1) is 15.6. The summed E-state index contributed by atoms with van der Waals surface area (Å²) in [6.07, 6.45) is -5.00. The molecular weight excluding hydrogens is 552 g/mol. The predicted molar refractivity (Wildman–Crippen MR) is 123 cm³/mol. The van der Waals surface area contributed by atoms with Crippen LogP contribution in [0.15, 0.2) is 75.9 Å². The Morgan fingerprint density at radius 2 is 1.73 bits per heavy atom. The van der Waals surface area contributed by atoms with Crippen LogP contribution in [-0.4, -0.2) is 5.97 Å². The lowest BCUT2D eigenvalue weighted by Gasteiger charge is -2.14. The molecule has 9 heteroatoms. The molecule has 0 aliphatic rings. The maximum Gasteiger partial charge on any atom is 0.453 e. The fourth-order valence-corrected chi connectivity index (χ4v) is 3.69. The number of fused-ring (bicyclic) bond motifs is 1. The highest BCUT2D eigenvalue weighted by molar-refractivity contribution is 14.1. The standard InChI is InChI=1S/C24H14F3IO5/c1-13-5-4-6-14(11-13)31-21-20(29)17-10-9-15(12-19(17)33-22(21)24(25,26)27)32-23(30)16-7-2-3-8-18(16)28/h2-12H,1H3. The Morgan fingerprint density at radius 3 is 2.42 bits per heavy atom. The van der Waals surface area contributed by atoms with Crippen molar-refractivity contribution >= 4 is 39.5 Å². The fraction of sp³-hybridized carbons (Fsp3) is 0.0833. The SMILES string of the molecule is Cc1cccc(Oc2c(C(F)(F)F)oc3cc(OC(=O)c4ccccc4I)ccc3c2=O)c1. The van der Waals surface area contributed by atoms with Gasteiger partial charge in [0.15, 0.2) is 0 Å². The molecule has 1 heterocycles. The second-order valence-corrected chi connectivity index (χ2v) is 8.20. The highest BCUT2D eigenvalue weighted by atomic mass is 127. The van der Waals surface area contributed by atoms with Crippen molar-refractivity contribution in [2.24, 2.45) is 0 Å². The van der Waals surface area contributed by atoms with E-state index < -0.39 is 34.7 Å². The number of benzene rings is 3. The molecule has 0 N–H and O–H groups in total. The van der Waals surface area contributed by atoms with Crippen LogP contribution in [0, 0.1) is 10.5 Å². The molecule has 4 aromatic rings. The molecule has 0 bridgehead atoms. The zero-order chi connectivity index (χ0) is 23.8. The molecule has 0 atom stereocenters. The summed E-state index contributed by atoms with van der Waals surface area (Å²) in [6.45, 7) is 1.74. The number of hydrogen-bond acceptors (Lipinski definition) is 5. The van der Waals surface area contributed by atoms with E-state index in [9.17, 15) is 22.8 Å². The van der Waals surface area contributed by atoms with Crippen molar-refractivity contribution in [2.45, 2.75) is 13.1 Å². The monoisotopic (exact) mass is 566 g/mol. The molecule has 3 aromatic carbocycles. The minimum atomic E-state index is -5.00. The molecule has 0 unspecified atom stereocenters. The molecule has 4 rings (SSSR count). The first-order valence-corrected chi connectivity index (χ1v) is 10.6. The van der Waals surface area contributed by atoms with Crippen LogP contribution in [0.2, 0.25) is 0 Å². The number of rotatable bonds is 4. The molecule has 5 nitrogen and oxygen atoms in total. The van der Waals surface area contributed by atoms with Gasteiger partial charge in [-0.1, -0.05) is 24.3 Å².